The monoisotopic (exact) mass is 175 g/mol. The van der Waals surface area contributed by atoms with Gasteiger partial charge in [0.05, 0.1) is 19.8 Å². The van der Waals surface area contributed by atoms with Crippen molar-refractivity contribution in [3.05, 3.63) is 0 Å². The summed E-state index contributed by atoms with van der Waals surface area (Å²) in [5, 5.41) is 2.96. The van der Waals surface area contributed by atoms with Crippen molar-refractivity contribution in [2.75, 3.05) is 26.4 Å². The number of hydrogen-bond acceptors (Lipinski definition) is 5. The van der Waals surface area contributed by atoms with Gasteiger partial charge in [0, 0.05) is 6.54 Å². The summed E-state index contributed by atoms with van der Waals surface area (Å²) < 4.78 is 14.5. The quantitative estimate of drug-likeness (QED) is 0.603. The summed E-state index contributed by atoms with van der Waals surface area (Å²) in [6.45, 7) is 3.80. The molecule has 5 heteroatoms. The lowest BCUT2D eigenvalue weighted by molar-refractivity contribution is -0.0506. The summed E-state index contributed by atoms with van der Waals surface area (Å²) in [5.41, 5.74) is 0. The maximum absolute atomic E-state index is 10.8. The molecule has 5 nitrogen and oxygen atoms in total. The average molecular weight is 175 g/mol. The molecule has 1 aliphatic heterocycles. The van der Waals surface area contributed by atoms with Crippen LogP contribution < -0.4 is 5.32 Å². The van der Waals surface area contributed by atoms with Crippen LogP contribution >= 0.6 is 0 Å². The van der Waals surface area contributed by atoms with E-state index in [9.17, 15) is 4.79 Å². The first kappa shape index (κ1) is 9.28. The molecule has 1 fully saturated rings. The van der Waals surface area contributed by atoms with E-state index in [4.69, 9.17) is 9.47 Å². The molecule has 0 amide bonds. The second kappa shape index (κ2) is 4.95. The molecule has 1 N–H and O–H groups in total. The van der Waals surface area contributed by atoms with Crippen LogP contribution in [0.15, 0.2) is 0 Å². The fourth-order valence-corrected chi connectivity index (χ4v) is 0.885. The highest BCUT2D eigenvalue weighted by atomic mass is 16.7. The van der Waals surface area contributed by atoms with Gasteiger partial charge in [0.15, 0.2) is 6.23 Å². The van der Waals surface area contributed by atoms with Crippen molar-refractivity contribution in [3.63, 3.8) is 0 Å². The van der Waals surface area contributed by atoms with Crippen molar-refractivity contribution < 1.29 is 19.0 Å². The largest absolute Gasteiger partial charge is 0.509 e. The van der Waals surface area contributed by atoms with E-state index in [1.165, 1.54) is 0 Å². The van der Waals surface area contributed by atoms with Crippen LogP contribution in [-0.4, -0.2) is 38.7 Å². The molecule has 0 spiro atoms. The van der Waals surface area contributed by atoms with Gasteiger partial charge in [-0.15, -0.1) is 0 Å². The average Bonchev–Trinajstić information content (AvgIpc) is 2.06. The molecule has 1 atom stereocenters. The zero-order valence-electron chi connectivity index (χ0n) is 7.04. The summed E-state index contributed by atoms with van der Waals surface area (Å²) in [4.78, 5) is 10.8. The van der Waals surface area contributed by atoms with Crippen molar-refractivity contribution in [1.29, 1.82) is 0 Å². The molecule has 0 aliphatic carbocycles. The van der Waals surface area contributed by atoms with Gasteiger partial charge >= 0.3 is 6.16 Å². The lowest BCUT2D eigenvalue weighted by atomic mass is 10.5. The van der Waals surface area contributed by atoms with Gasteiger partial charge in [-0.1, -0.05) is 0 Å². The van der Waals surface area contributed by atoms with Gasteiger partial charge in [-0.25, -0.2) is 4.79 Å². The van der Waals surface area contributed by atoms with Gasteiger partial charge in [-0.2, -0.15) is 0 Å². The van der Waals surface area contributed by atoms with E-state index in [1.807, 2.05) is 0 Å². The van der Waals surface area contributed by atoms with Crippen LogP contribution in [-0.2, 0) is 14.2 Å². The summed E-state index contributed by atoms with van der Waals surface area (Å²) >= 11 is 0. The van der Waals surface area contributed by atoms with Crippen LogP contribution in [0.3, 0.4) is 0 Å². The summed E-state index contributed by atoms with van der Waals surface area (Å²) in [6, 6.07) is 0. The van der Waals surface area contributed by atoms with E-state index in [0.29, 0.717) is 26.4 Å². The highest BCUT2D eigenvalue weighted by Gasteiger charge is 2.17. The summed E-state index contributed by atoms with van der Waals surface area (Å²) in [7, 11) is 0. The molecule has 0 aromatic heterocycles. The van der Waals surface area contributed by atoms with Gasteiger partial charge in [-0.05, 0) is 6.92 Å². The first-order valence-electron chi connectivity index (χ1n) is 3.97. The van der Waals surface area contributed by atoms with Crippen molar-refractivity contribution >= 4 is 6.16 Å². The highest BCUT2D eigenvalue weighted by molar-refractivity contribution is 5.59. The smallest absolute Gasteiger partial charge is 0.435 e. The zero-order chi connectivity index (χ0) is 8.81. The summed E-state index contributed by atoms with van der Waals surface area (Å²) in [5.74, 6) is 0. The Balaban J connectivity index is 2.15. The number of nitrogens with one attached hydrogen (secondary N) is 1. The Morgan fingerprint density at radius 1 is 1.75 bits per heavy atom. The second-order valence-corrected chi connectivity index (χ2v) is 2.32. The Morgan fingerprint density at radius 3 is 3.17 bits per heavy atom. The number of morpholine rings is 1. The molecular weight excluding hydrogens is 162 g/mol. The van der Waals surface area contributed by atoms with Crippen LogP contribution in [0, 0.1) is 0 Å². The van der Waals surface area contributed by atoms with E-state index in [1.54, 1.807) is 6.92 Å². The minimum absolute atomic E-state index is 0.326. The van der Waals surface area contributed by atoms with E-state index in [-0.39, 0.29) is 6.23 Å². The standard InChI is InChI=1S/C7H13NO4/c1-2-11-7(9)12-6-5-10-4-3-8-6/h6,8H,2-5H2,1H3. The molecule has 1 rings (SSSR count). The van der Waals surface area contributed by atoms with Gasteiger partial charge in [0.2, 0.25) is 0 Å². The first-order chi connectivity index (χ1) is 5.83. The lowest BCUT2D eigenvalue weighted by Crippen LogP contribution is -2.44. The van der Waals surface area contributed by atoms with Gasteiger partial charge in [-0.3, -0.25) is 5.32 Å². The molecule has 70 valence electrons. The Labute approximate surface area is 71.0 Å². The lowest BCUT2D eigenvalue weighted by Gasteiger charge is -2.22. The number of rotatable bonds is 2. The molecule has 1 aliphatic rings. The minimum Gasteiger partial charge on any atom is -0.435 e. The molecule has 0 aromatic carbocycles. The normalized spacial score (nSPS) is 23.2. The number of carbonyl (C=O) groups excluding carboxylic acids is 1. The Bertz CT molecular complexity index is 144. The Morgan fingerprint density at radius 2 is 2.58 bits per heavy atom. The molecule has 1 saturated heterocycles. The minimum atomic E-state index is -0.652. The topological polar surface area (TPSA) is 56.8 Å². The maximum Gasteiger partial charge on any atom is 0.509 e. The number of hydrogen-bond donors (Lipinski definition) is 1. The zero-order valence-corrected chi connectivity index (χ0v) is 7.04. The molecule has 1 unspecified atom stereocenters. The molecule has 12 heavy (non-hydrogen) atoms. The van der Waals surface area contributed by atoms with Crippen LogP contribution in [0.4, 0.5) is 4.79 Å². The van der Waals surface area contributed by atoms with Gasteiger partial charge in [0.25, 0.3) is 0 Å². The highest BCUT2D eigenvalue weighted by Crippen LogP contribution is 1.97. The van der Waals surface area contributed by atoms with E-state index >= 15 is 0 Å². The molecule has 0 aromatic rings. The van der Waals surface area contributed by atoms with Crippen LogP contribution in [0.5, 0.6) is 0 Å². The molecule has 0 bridgehead atoms. The van der Waals surface area contributed by atoms with Crippen molar-refractivity contribution in [2.24, 2.45) is 0 Å². The second-order valence-electron chi connectivity index (χ2n) is 2.32. The Hall–Kier alpha value is -0.810. The SMILES string of the molecule is CCOC(=O)OC1COCCN1. The molecule has 0 radical (unpaired) electrons. The van der Waals surface area contributed by atoms with Crippen LogP contribution in [0.1, 0.15) is 6.92 Å². The predicted octanol–water partition coefficient (Wildman–Crippen LogP) is 0.105. The molecule has 1 heterocycles. The predicted molar refractivity (Wildman–Crippen MR) is 40.7 cm³/mol. The van der Waals surface area contributed by atoms with E-state index < -0.39 is 6.16 Å². The Kier molecular flexibility index (Phi) is 3.83. The van der Waals surface area contributed by atoms with E-state index in [2.05, 4.69) is 10.1 Å². The number of ether oxygens (including phenoxy) is 3. The third-order valence-corrected chi connectivity index (χ3v) is 1.39. The summed E-state index contributed by atoms with van der Waals surface area (Å²) in [6.07, 6.45) is -1.02. The van der Waals surface area contributed by atoms with Gasteiger partial charge in [0.1, 0.15) is 0 Å². The molecular formula is C7H13NO4. The van der Waals surface area contributed by atoms with Crippen molar-refractivity contribution in [3.8, 4) is 0 Å². The fourth-order valence-electron chi connectivity index (χ4n) is 0.885. The first-order valence-corrected chi connectivity index (χ1v) is 3.97. The fraction of sp³-hybridized carbons (Fsp3) is 0.857. The van der Waals surface area contributed by atoms with Crippen LogP contribution in [0.2, 0.25) is 0 Å². The third kappa shape index (κ3) is 3.06. The number of carbonyl (C=O) groups is 1. The van der Waals surface area contributed by atoms with E-state index in [0.717, 1.165) is 0 Å². The van der Waals surface area contributed by atoms with Gasteiger partial charge < -0.3 is 14.2 Å². The van der Waals surface area contributed by atoms with Crippen LogP contribution in [0.25, 0.3) is 0 Å². The maximum atomic E-state index is 10.8. The van der Waals surface area contributed by atoms with Crippen molar-refractivity contribution in [2.45, 2.75) is 13.2 Å². The third-order valence-electron chi connectivity index (χ3n) is 1.39. The molecule has 0 saturated carbocycles. The van der Waals surface area contributed by atoms with Crippen molar-refractivity contribution in [1.82, 2.24) is 5.32 Å².